The normalized spacial score (nSPS) is 19.3. The number of anilines is 2. The van der Waals surface area contributed by atoms with Gasteiger partial charge in [0, 0.05) is 25.7 Å². The summed E-state index contributed by atoms with van der Waals surface area (Å²) in [6.45, 7) is 1.86. The van der Waals surface area contributed by atoms with E-state index in [2.05, 4.69) is 15.2 Å². The molecule has 1 aromatic heterocycles. The summed E-state index contributed by atoms with van der Waals surface area (Å²) < 4.78 is 0. The van der Waals surface area contributed by atoms with E-state index >= 15 is 0 Å². The summed E-state index contributed by atoms with van der Waals surface area (Å²) in [7, 11) is 0. The van der Waals surface area contributed by atoms with E-state index in [0.717, 1.165) is 35.6 Å². The molecule has 2 aromatic rings. The van der Waals surface area contributed by atoms with Crippen LogP contribution in [0.15, 0.2) is 36.5 Å². The van der Waals surface area contributed by atoms with Crippen LogP contribution in [0.5, 0.6) is 0 Å². The molecule has 0 spiro atoms. The van der Waals surface area contributed by atoms with Gasteiger partial charge in [-0.25, -0.2) is 0 Å². The van der Waals surface area contributed by atoms with Gasteiger partial charge >= 0.3 is 0 Å². The van der Waals surface area contributed by atoms with Crippen molar-refractivity contribution in [1.82, 2.24) is 9.88 Å². The van der Waals surface area contributed by atoms with Gasteiger partial charge in [-0.05, 0) is 30.2 Å². The molecule has 5 nitrogen and oxygen atoms in total. The lowest BCUT2D eigenvalue weighted by Gasteiger charge is -2.22. The highest BCUT2D eigenvalue weighted by Gasteiger charge is 2.27. The Labute approximate surface area is 156 Å². The van der Waals surface area contributed by atoms with Crippen LogP contribution in [0.1, 0.15) is 24.1 Å². The molecule has 1 amide bonds. The topological polar surface area (TPSA) is 48.5 Å². The molecule has 4 rings (SSSR count). The third kappa shape index (κ3) is 3.26. The Hall–Kier alpha value is -1.98. The van der Waals surface area contributed by atoms with Crippen molar-refractivity contribution in [2.45, 2.75) is 31.6 Å². The minimum atomic E-state index is -0.307. The second kappa shape index (κ2) is 6.73. The molecule has 0 saturated carbocycles. The number of carbonyl (C=O) groups excluding carboxylic acids is 1. The fourth-order valence-electron chi connectivity index (χ4n) is 3.30. The molecule has 1 unspecified atom stereocenters. The van der Waals surface area contributed by atoms with Crippen molar-refractivity contribution in [2.75, 3.05) is 16.8 Å². The fourth-order valence-corrected chi connectivity index (χ4v) is 3.84. The maximum Gasteiger partial charge on any atom is 0.222 e. The van der Waals surface area contributed by atoms with Gasteiger partial charge in [-0.15, -0.1) is 0 Å². The lowest BCUT2D eigenvalue weighted by molar-refractivity contribution is -0.128. The van der Waals surface area contributed by atoms with E-state index in [1.165, 1.54) is 0 Å². The average Bonchev–Trinajstić information content (AvgIpc) is 3.14. The second-order valence-corrected chi connectivity index (χ2v) is 7.14. The molecule has 3 heterocycles. The molecule has 2 aliphatic rings. The minimum Gasteiger partial charge on any atom is -0.351 e. The van der Waals surface area contributed by atoms with Gasteiger partial charge in [0.1, 0.15) is 0 Å². The smallest absolute Gasteiger partial charge is 0.222 e. The van der Waals surface area contributed by atoms with Crippen LogP contribution in [0.3, 0.4) is 0 Å². The molecule has 0 aliphatic carbocycles. The molecule has 0 bridgehead atoms. The molecule has 0 radical (unpaired) electrons. The van der Waals surface area contributed by atoms with E-state index in [1.807, 2.05) is 41.4 Å². The lowest BCUT2D eigenvalue weighted by Crippen LogP contribution is -2.30. The predicted octanol–water partition coefficient (Wildman–Crippen LogP) is 3.81. The van der Waals surface area contributed by atoms with E-state index in [-0.39, 0.29) is 11.5 Å². The van der Waals surface area contributed by atoms with E-state index in [4.69, 9.17) is 23.2 Å². The molecule has 1 fully saturated rings. The fraction of sp³-hybridized carbons (Fsp3) is 0.333. The number of hydrogen-bond donors (Lipinski definition) is 1. The van der Waals surface area contributed by atoms with Gasteiger partial charge in [-0.1, -0.05) is 35.3 Å². The van der Waals surface area contributed by atoms with Crippen LogP contribution in [0, 0.1) is 0 Å². The molecular formula is C18H18Cl2N4O. The van der Waals surface area contributed by atoms with Crippen LogP contribution in [0.2, 0.25) is 5.02 Å². The molecule has 2 aliphatic heterocycles. The molecule has 1 aromatic carbocycles. The van der Waals surface area contributed by atoms with Crippen LogP contribution in [0.4, 0.5) is 11.4 Å². The summed E-state index contributed by atoms with van der Waals surface area (Å²) in [6, 6.07) is 9.92. The number of alkyl halides is 1. The number of halogens is 2. The van der Waals surface area contributed by atoms with E-state index < -0.39 is 0 Å². The molecule has 1 N–H and O–H groups in total. The Morgan fingerprint density at radius 2 is 2.12 bits per heavy atom. The zero-order valence-corrected chi connectivity index (χ0v) is 15.1. The summed E-state index contributed by atoms with van der Waals surface area (Å²) in [5.41, 5.74) is 3.49. The number of nitrogens with one attached hydrogen (secondary N) is 1. The predicted molar refractivity (Wildman–Crippen MR) is 99.8 cm³/mol. The van der Waals surface area contributed by atoms with Crippen molar-refractivity contribution in [1.29, 1.82) is 0 Å². The van der Waals surface area contributed by atoms with E-state index in [1.54, 1.807) is 0 Å². The number of para-hydroxylation sites is 2. The highest BCUT2D eigenvalue weighted by Crippen LogP contribution is 2.36. The number of carbonyl (C=O) groups is 1. The van der Waals surface area contributed by atoms with Gasteiger partial charge in [-0.2, -0.15) is 0 Å². The molecule has 130 valence electrons. The van der Waals surface area contributed by atoms with Crippen molar-refractivity contribution in [2.24, 2.45) is 0 Å². The number of fused-ring (bicyclic) bond motifs is 1. The number of pyridine rings is 1. The summed E-state index contributed by atoms with van der Waals surface area (Å²) >= 11 is 12.8. The van der Waals surface area contributed by atoms with E-state index in [0.29, 0.717) is 24.5 Å². The standard InChI is InChI=1S/C18H18Cl2N4O/c19-13-8-12(9-21-15(13)11-23-7-3-6-17(23)25)10-24-16-5-2-1-4-14(16)22-18(24)20/h1-2,4-5,8-9,18,22H,3,6-7,10-11H2. The zero-order valence-electron chi connectivity index (χ0n) is 13.6. The minimum absolute atomic E-state index is 0.173. The van der Waals surface area contributed by atoms with Crippen LogP contribution < -0.4 is 10.2 Å². The molecular weight excluding hydrogens is 359 g/mol. The largest absolute Gasteiger partial charge is 0.351 e. The van der Waals surface area contributed by atoms with Gasteiger partial charge in [0.2, 0.25) is 5.91 Å². The highest BCUT2D eigenvalue weighted by atomic mass is 35.5. The Morgan fingerprint density at radius 1 is 1.28 bits per heavy atom. The van der Waals surface area contributed by atoms with Crippen molar-refractivity contribution in [3.05, 3.63) is 52.8 Å². The van der Waals surface area contributed by atoms with Gasteiger partial charge < -0.3 is 15.1 Å². The number of amides is 1. The third-order valence-corrected chi connectivity index (χ3v) is 5.27. The third-order valence-electron chi connectivity index (χ3n) is 4.60. The van der Waals surface area contributed by atoms with Gasteiger partial charge in [-0.3, -0.25) is 9.78 Å². The molecule has 25 heavy (non-hydrogen) atoms. The quantitative estimate of drug-likeness (QED) is 0.650. The maximum absolute atomic E-state index is 11.8. The lowest BCUT2D eigenvalue weighted by atomic mass is 10.2. The Kier molecular flexibility index (Phi) is 4.44. The van der Waals surface area contributed by atoms with Gasteiger partial charge in [0.25, 0.3) is 0 Å². The van der Waals surface area contributed by atoms with E-state index in [9.17, 15) is 4.79 Å². The first-order chi connectivity index (χ1) is 12.1. The van der Waals surface area contributed by atoms with Gasteiger partial charge in [0.05, 0.1) is 28.6 Å². The average molecular weight is 377 g/mol. The summed E-state index contributed by atoms with van der Waals surface area (Å²) in [5, 5.41) is 3.83. The monoisotopic (exact) mass is 376 g/mol. The van der Waals surface area contributed by atoms with Crippen molar-refractivity contribution >= 4 is 40.5 Å². The number of benzene rings is 1. The first-order valence-electron chi connectivity index (χ1n) is 8.29. The summed E-state index contributed by atoms with van der Waals surface area (Å²) in [5.74, 6) is 0.173. The van der Waals surface area contributed by atoms with Crippen molar-refractivity contribution in [3.8, 4) is 0 Å². The van der Waals surface area contributed by atoms with Gasteiger partial charge in [0.15, 0.2) is 5.62 Å². The molecule has 7 heteroatoms. The Morgan fingerprint density at radius 3 is 2.88 bits per heavy atom. The van der Waals surface area contributed by atoms with Crippen LogP contribution >= 0.6 is 23.2 Å². The first kappa shape index (κ1) is 16.5. The SMILES string of the molecule is O=C1CCCN1Cc1ncc(CN2c3ccccc3NC2Cl)cc1Cl. The number of aromatic nitrogens is 1. The summed E-state index contributed by atoms with van der Waals surface area (Å²) in [6.07, 6.45) is 3.34. The number of hydrogen-bond acceptors (Lipinski definition) is 4. The summed E-state index contributed by atoms with van der Waals surface area (Å²) in [4.78, 5) is 20.1. The molecule has 1 atom stereocenters. The van der Waals surface area contributed by atoms with Crippen molar-refractivity contribution < 1.29 is 4.79 Å². The Balaban J connectivity index is 1.50. The number of likely N-dealkylation sites (tertiary alicyclic amines) is 1. The first-order valence-corrected chi connectivity index (χ1v) is 9.10. The highest BCUT2D eigenvalue weighted by molar-refractivity contribution is 6.31. The molecule has 1 saturated heterocycles. The maximum atomic E-state index is 11.8. The number of rotatable bonds is 4. The van der Waals surface area contributed by atoms with Crippen LogP contribution in [-0.2, 0) is 17.9 Å². The second-order valence-electron chi connectivity index (χ2n) is 6.32. The Bertz CT molecular complexity index is 813. The van der Waals surface area contributed by atoms with Crippen molar-refractivity contribution in [3.63, 3.8) is 0 Å². The number of nitrogens with zero attached hydrogens (tertiary/aromatic N) is 3. The van der Waals surface area contributed by atoms with Crippen LogP contribution in [0.25, 0.3) is 0 Å². The van der Waals surface area contributed by atoms with Crippen LogP contribution in [-0.4, -0.2) is 28.0 Å². The zero-order chi connectivity index (χ0) is 17.4.